The summed E-state index contributed by atoms with van der Waals surface area (Å²) in [6.45, 7) is 0.729. The average Bonchev–Trinajstić information content (AvgIpc) is 2.92. The van der Waals surface area contributed by atoms with Crippen LogP contribution in [0, 0.1) is 0 Å². The van der Waals surface area contributed by atoms with Crippen LogP contribution in [0.15, 0.2) is 41.3 Å². The van der Waals surface area contributed by atoms with Gasteiger partial charge in [0.1, 0.15) is 0 Å². The number of hydrogen-bond acceptors (Lipinski definition) is 2. The molecule has 0 fully saturated rings. The number of H-pyrrole nitrogens is 3. The van der Waals surface area contributed by atoms with Crippen molar-refractivity contribution in [1.82, 2.24) is 15.0 Å². The van der Waals surface area contributed by atoms with E-state index in [1.165, 1.54) is 0 Å². The van der Waals surface area contributed by atoms with Crippen LogP contribution in [0.4, 0.5) is 5.69 Å². The maximum absolute atomic E-state index is 11.1. The van der Waals surface area contributed by atoms with Crippen LogP contribution in [0.3, 0.4) is 0 Å². The molecule has 2 aromatic heterocycles. The van der Waals surface area contributed by atoms with Gasteiger partial charge in [0.2, 0.25) is 0 Å². The molecule has 86 valence electrons. The van der Waals surface area contributed by atoms with E-state index in [0.717, 1.165) is 29.0 Å². The number of aromatic nitrogens is 3. The van der Waals surface area contributed by atoms with E-state index in [0.29, 0.717) is 0 Å². The Hall–Kier alpha value is -2.43. The largest absolute Gasteiger partial charge is 0.379 e. The van der Waals surface area contributed by atoms with Crippen LogP contribution in [0.5, 0.6) is 0 Å². The van der Waals surface area contributed by atoms with E-state index in [9.17, 15) is 4.79 Å². The van der Waals surface area contributed by atoms with E-state index < -0.39 is 0 Å². The molecule has 0 saturated heterocycles. The third-order valence-electron chi connectivity index (χ3n) is 2.66. The fourth-order valence-corrected chi connectivity index (χ4v) is 1.82. The molecule has 0 radical (unpaired) electrons. The average molecular weight is 228 g/mol. The van der Waals surface area contributed by atoms with Crippen molar-refractivity contribution in [3.8, 4) is 0 Å². The summed E-state index contributed by atoms with van der Waals surface area (Å²) in [6, 6.07) is 9.71. The Labute approximate surface area is 96.9 Å². The Kier molecular flexibility index (Phi) is 2.22. The SMILES string of the molecule is O=c1[nH]c2ccc(NCc3ccc[nH]3)cc2[nH]1. The molecule has 1 aromatic carbocycles. The van der Waals surface area contributed by atoms with Crippen LogP contribution < -0.4 is 11.0 Å². The van der Waals surface area contributed by atoms with Crippen LogP contribution in [-0.4, -0.2) is 15.0 Å². The molecule has 0 spiro atoms. The molecule has 17 heavy (non-hydrogen) atoms. The highest BCUT2D eigenvalue weighted by Gasteiger charge is 1.99. The summed E-state index contributed by atoms with van der Waals surface area (Å²) in [5, 5.41) is 3.28. The molecule has 0 saturated carbocycles. The fraction of sp³-hybridized carbons (Fsp3) is 0.0833. The number of rotatable bonds is 3. The van der Waals surface area contributed by atoms with Crippen molar-refractivity contribution in [3.05, 3.63) is 52.7 Å². The minimum absolute atomic E-state index is 0.179. The summed E-state index contributed by atoms with van der Waals surface area (Å²) < 4.78 is 0. The van der Waals surface area contributed by atoms with Gasteiger partial charge in [-0.15, -0.1) is 0 Å². The minimum Gasteiger partial charge on any atom is -0.379 e. The van der Waals surface area contributed by atoms with Gasteiger partial charge in [0, 0.05) is 17.6 Å². The van der Waals surface area contributed by atoms with E-state index in [2.05, 4.69) is 20.3 Å². The molecule has 0 bridgehead atoms. The molecular weight excluding hydrogens is 216 g/mol. The van der Waals surface area contributed by atoms with E-state index in [1.807, 2.05) is 36.5 Å². The van der Waals surface area contributed by atoms with Crippen LogP contribution in [0.25, 0.3) is 11.0 Å². The number of nitrogens with one attached hydrogen (secondary N) is 4. The lowest BCUT2D eigenvalue weighted by Crippen LogP contribution is -1.99. The first-order chi connectivity index (χ1) is 8.31. The van der Waals surface area contributed by atoms with E-state index >= 15 is 0 Å². The first kappa shape index (κ1) is 9.77. The highest BCUT2D eigenvalue weighted by Crippen LogP contribution is 2.15. The predicted octanol–water partition coefficient (Wildman–Crippen LogP) is 1.80. The Morgan fingerprint density at radius 1 is 1.12 bits per heavy atom. The lowest BCUT2D eigenvalue weighted by atomic mass is 10.2. The highest BCUT2D eigenvalue weighted by atomic mass is 16.1. The van der Waals surface area contributed by atoms with Crippen LogP contribution in [-0.2, 0) is 6.54 Å². The normalized spacial score (nSPS) is 10.8. The molecule has 2 heterocycles. The number of aromatic amines is 3. The van der Waals surface area contributed by atoms with Gasteiger partial charge in [-0.25, -0.2) is 4.79 Å². The third-order valence-corrected chi connectivity index (χ3v) is 2.66. The molecule has 0 atom stereocenters. The van der Waals surface area contributed by atoms with Crippen molar-refractivity contribution >= 4 is 16.7 Å². The Balaban J connectivity index is 1.83. The zero-order valence-electron chi connectivity index (χ0n) is 9.08. The fourth-order valence-electron chi connectivity index (χ4n) is 1.82. The summed E-state index contributed by atoms with van der Waals surface area (Å²) in [6.07, 6.45) is 1.89. The van der Waals surface area contributed by atoms with E-state index in [4.69, 9.17) is 0 Å². The summed E-state index contributed by atoms with van der Waals surface area (Å²) in [7, 11) is 0. The van der Waals surface area contributed by atoms with Gasteiger partial charge in [0.15, 0.2) is 0 Å². The van der Waals surface area contributed by atoms with Gasteiger partial charge in [0.25, 0.3) is 0 Å². The number of benzene rings is 1. The monoisotopic (exact) mass is 228 g/mol. The minimum atomic E-state index is -0.179. The van der Waals surface area contributed by atoms with Crippen molar-refractivity contribution in [1.29, 1.82) is 0 Å². The molecule has 5 heteroatoms. The van der Waals surface area contributed by atoms with Gasteiger partial charge in [0.05, 0.1) is 17.6 Å². The topological polar surface area (TPSA) is 76.5 Å². The Bertz CT molecular complexity index is 678. The lowest BCUT2D eigenvalue weighted by Gasteiger charge is -2.04. The molecule has 3 aromatic rings. The Morgan fingerprint density at radius 3 is 2.82 bits per heavy atom. The number of fused-ring (bicyclic) bond motifs is 1. The molecule has 0 aliphatic heterocycles. The first-order valence-corrected chi connectivity index (χ1v) is 5.39. The van der Waals surface area contributed by atoms with Gasteiger partial charge in [-0.3, -0.25) is 0 Å². The van der Waals surface area contributed by atoms with Crippen LogP contribution in [0.1, 0.15) is 5.69 Å². The van der Waals surface area contributed by atoms with Crippen molar-refractivity contribution in [2.75, 3.05) is 5.32 Å². The van der Waals surface area contributed by atoms with Gasteiger partial charge in [-0.2, -0.15) is 0 Å². The number of hydrogen-bond donors (Lipinski definition) is 4. The van der Waals surface area contributed by atoms with Crippen molar-refractivity contribution in [2.24, 2.45) is 0 Å². The van der Waals surface area contributed by atoms with Crippen LogP contribution >= 0.6 is 0 Å². The summed E-state index contributed by atoms with van der Waals surface area (Å²) in [4.78, 5) is 19.7. The standard InChI is InChI=1S/C12H12N4O/c17-12-15-10-4-3-8(6-11(10)16-12)14-7-9-2-1-5-13-9/h1-6,13-14H,7H2,(H2,15,16,17). The van der Waals surface area contributed by atoms with Gasteiger partial charge >= 0.3 is 5.69 Å². The van der Waals surface area contributed by atoms with Gasteiger partial charge in [-0.1, -0.05) is 0 Å². The van der Waals surface area contributed by atoms with Crippen molar-refractivity contribution < 1.29 is 0 Å². The second kappa shape index (κ2) is 3.86. The number of anilines is 1. The Morgan fingerprint density at radius 2 is 2.00 bits per heavy atom. The molecule has 0 unspecified atom stereocenters. The van der Waals surface area contributed by atoms with Gasteiger partial charge < -0.3 is 20.3 Å². The maximum Gasteiger partial charge on any atom is 0.323 e. The molecule has 4 N–H and O–H groups in total. The third kappa shape index (κ3) is 1.94. The number of imidazole rings is 1. The lowest BCUT2D eigenvalue weighted by molar-refractivity contribution is 1.07. The predicted molar refractivity (Wildman–Crippen MR) is 67.0 cm³/mol. The smallest absolute Gasteiger partial charge is 0.323 e. The quantitative estimate of drug-likeness (QED) is 0.551. The van der Waals surface area contributed by atoms with E-state index in [1.54, 1.807) is 0 Å². The zero-order chi connectivity index (χ0) is 11.7. The summed E-state index contributed by atoms with van der Waals surface area (Å²) in [5.74, 6) is 0. The molecule has 3 rings (SSSR count). The maximum atomic E-state index is 11.1. The molecule has 0 aliphatic rings. The van der Waals surface area contributed by atoms with Crippen molar-refractivity contribution in [2.45, 2.75) is 6.54 Å². The van der Waals surface area contributed by atoms with Crippen molar-refractivity contribution in [3.63, 3.8) is 0 Å². The molecule has 0 aliphatic carbocycles. The summed E-state index contributed by atoms with van der Waals surface area (Å²) in [5.41, 5.74) is 3.54. The van der Waals surface area contributed by atoms with Crippen LogP contribution in [0.2, 0.25) is 0 Å². The second-order valence-electron chi connectivity index (χ2n) is 3.89. The second-order valence-corrected chi connectivity index (χ2v) is 3.89. The summed E-state index contributed by atoms with van der Waals surface area (Å²) >= 11 is 0. The van der Waals surface area contributed by atoms with Gasteiger partial charge in [-0.05, 0) is 30.3 Å². The molecule has 0 amide bonds. The highest BCUT2D eigenvalue weighted by molar-refractivity contribution is 5.78. The first-order valence-electron chi connectivity index (χ1n) is 5.39. The zero-order valence-corrected chi connectivity index (χ0v) is 9.08. The molecule has 5 nitrogen and oxygen atoms in total. The van der Waals surface area contributed by atoms with E-state index in [-0.39, 0.29) is 5.69 Å². The molecular formula is C12H12N4O.